The van der Waals surface area contributed by atoms with Crippen LogP contribution in [0, 0.1) is 13.8 Å². The number of fused-ring (bicyclic) bond motifs is 3. The molecule has 7 nitrogen and oxygen atoms in total. The molecular formula is C30H31N3O4S. The number of benzene rings is 2. The zero-order chi connectivity index (χ0) is 26.0. The molecule has 2 unspecified atom stereocenters. The molecule has 4 aromatic rings. The number of carboxylic acid groups (broad SMARTS) is 1. The molecule has 3 fully saturated rings. The molecule has 0 radical (unpaired) electrons. The number of hydrogen-bond acceptors (Lipinski definition) is 7. The van der Waals surface area contributed by atoms with Gasteiger partial charge in [0.15, 0.2) is 5.13 Å². The van der Waals surface area contributed by atoms with E-state index in [1.807, 2.05) is 6.92 Å². The van der Waals surface area contributed by atoms with Crippen molar-refractivity contribution in [2.75, 3.05) is 4.90 Å². The molecule has 196 valence electrons. The molecule has 2 bridgehead atoms. The zero-order valence-electron chi connectivity index (χ0n) is 21.6. The molecule has 2 aliphatic heterocycles. The van der Waals surface area contributed by atoms with Crippen LogP contribution >= 0.6 is 11.3 Å². The van der Waals surface area contributed by atoms with Gasteiger partial charge in [-0.2, -0.15) is 0 Å². The molecule has 7 rings (SSSR count). The second-order valence-electron chi connectivity index (χ2n) is 11.1. The average Bonchev–Trinajstić information content (AvgIpc) is 3.41. The first-order chi connectivity index (χ1) is 18.5. The number of carbonyl (C=O) groups is 1. The highest BCUT2D eigenvalue weighted by Gasteiger charge is 2.43. The highest BCUT2D eigenvalue weighted by molar-refractivity contribution is 7.22. The van der Waals surface area contributed by atoms with Gasteiger partial charge in [0.2, 0.25) is 0 Å². The fraction of sp³-hybridized carbons (Fsp3) is 0.433. The van der Waals surface area contributed by atoms with Crippen molar-refractivity contribution in [1.82, 2.24) is 10.1 Å². The van der Waals surface area contributed by atoms with E-state index in [1.54, 1.807) is 23.5 Å². The number of rotatable bonds is 7. The highest BCUT2D eigenvalue weighted by Crippen LogP contribution is 2.46. The van der Waals surface area contributed by atoms with Gasteiger partial charge in [-0.1, -0.05) is 40.8 Å². The maximum Gasteiger partial charge on any atom is 0.335 e. The van der Waals surface area contributed by atoms with E-state index in [2.05, 4.69) is 41.2 Å². The third-order valence-electron chi connectivity index (χ3n) is 8.46. The number of aryl methyl sites for hydroxylation is 2. The quantitative estimate of drug-likeness (QED) is 0.280. The normalized spacial score (nSPS) is 22.9. The molecule has 8 heteroatoms. The van der Waals surface area contributed by atoms with E-state index in [9.17, 15) is 9.90 Å². The van der Waals surface area contributed by atoms with Crippen LogP contribution in [0.25, 0.3) is 21.5 Å². The van der Waals surface area contributed by atoms with Crippen molar-refractivity contribution in [2.45, 2.75) is 83.1 Å². The van der Waals surface area contributed by atoms with Crippen LogP contribution in [-0.4, -0.2) is 39.4 Å². The van der Waals surface area contributed by atoms with Gasteiger partial charge in [0.05, 0.1) is 28.5 Å². The Hall–Kier alpha value is -3.23. The van der Waals surface area contributed by atoms with Crippen LogP contribution in [0.1, 0.15) is 77.3 Å². The average molecular weight is 530 g/mol. The molecule has 38 heavy (non-hydrogen) atoms. The summed E-state index contributed by atoms with van der Waals surface area (Å²) in [5.41, 5.74) is 6.51. The van der Waals surface area contributed by atoms with Crippen LogP contribution < -0.4 is 4.90 Å². The van der Waals surface area contributed by atoms with E-state index in [1.165, 1.54) is 5.56 Å². The Bertz CT molecular complexity index is 1520. The number of hydrogen-bond donors (Lipinski definition) is 1. The number of thiazole rings is 1. The van der Waals surface area contributed by atoms with E-state index in [4.69, 9.17) is 14.2 Å². The van der Waals surface area contributed by atoms with Gasteiger partial charge in [-0.25, -0.2) is 9.78 Å². The Balaban J connectivity index is 1.10. The third-order valence-corrected chi connectivity index (χ3v) is 9.48. The molecular weight excluding hydrogens is 498 g/mol. The van der Waals surface area contributed by atoms with Crippen molar-refractivity contribution in [3.05, 3.63) is 64.4 Å². The van der Waals surface area contributed by atoms with E-state index in [-0.39, 0.29) is 6.10 Å². The summed E-state index contributed by atoms with van der Waals surface area (Å²) in [5.74, 6) is 0.585. The van der Waals surface area contributed by atoms with Crippen LogP contribution in [0.4, 0.5) is 5.13 Å². The Morgan fingerprint density at radius 3 is 2.58 bits per heavy atom. The fourth-order valence-corrected chi connectivity index (χ4v) is 7.60. The number of aromatic nitrogens is 2. The number of nitrogens with zero attached hydrogens (tertiary/aromatic N) is 3. The van der Waals surface area contributed by atoms with Gasteiger partial charge in [-0.3, -0.25) is 0 Å². The molecule has 2 saturated heterocycles. The Labute approximate surface area is 225 Å². The molecule has 1 saturated carbocycles. The lowest BCUT2D eigenvalue weighted by atomic mass is 9.99. The summed E-state index contributed by atoms with van der Waals surface area (Å²) >= 11 is 1.61. The first kappa shape index (κ1) is 23.9. The molecule has 2 aromatic carbocycles. The van der Waals surface area contributed by atoms with Crippen LogP contribution in [0.3, 0.4) is 0 Å². The summed E-state index contributed by atoms with van der Waals surface area (Å²) in [4.78, 5) is 19.0. The maximum absolute atomic E-state index is 11.5. The van der Waals surface area contributed by atoms with E-state index in [0.29, 0.717) is 30.2 Å². The topological polar surface area (TPSA) is 88.7 Å². The second-order valence-corrected chi connectivity index (χ2v) is 12.1. The summed E-state index contributed by atoms with van der Waals surface area (Å²) in [6.45, 7) is 4.59. The minimum atomic E-state index is -0.897. The molecule has 0 amide bonds. The smallest absolute Gasteiger partial charge is 0.335 e. The van der Waals surface area contributed by atoms with Gasteiger partial charge in [0.1, 0.15) is 11.5 Å². The number of ether oxygens (including phenoxy) is 1. The monoisotopic (exact) mass is 529 g/mol. The van der Waals surface area contributed by atoms with Crippen molar-refractivity contribution in [3.63, 3.8) is 0 Å². The van der Waals surface area contributed by atoms with Crippen molar-refractivity contribution < 1.29 is 19.2 Å². The van der Waals surface area contributed by atoms with Crippen molar-refractivity contribution in [2.24, 2.45) is 0 Å². The lowest BCUT2D eigenvalue weighted by Gasteiger charge is -2.38. The largest absolute Gasteiger partial charge is 0.478 e. The predicted octanol–water partition coefficient (Wildman–Crippen LogP) is 6.86. The van der Waals surface area contributed by atoms with Crippen LogP contribution in [0.15, 0.2) is 40.9 Å². The van der Waals surface area contributed by atoms with Gasteiger partial charge in [0, 0.05) is 29.1 Å². The first-order valence-corrected chi connectivity index (χ1v) is 14.4. The predicted molar refractivity (Wildman–Crippen MR) is 147 cm³/mol. The molecule has 2 aromatic heterocycles. The summed E-state index contributed by atoms with van der Waals surface area (Å²) in [7, 11) is 0. The number of carboxylic acids is 1. The summed E-state index contributed by atoms with van der Waals surface area (Å²) in [6.07, 6.45) is 6.71. The Morgan fingerprint density at radius 2 is 1.87 bits per heavy atom. The lowest BCUT2D eigenvalue weighted by molar-refractivity contribution is 0.0147. The highest BCUT2D eigenvalue weighted by atomic mass is 32.1. The molecule has 4 heterocycles. The first-order valence-electron chi connectivity index (χ1n) is 13.5. The van der Waals surface area contributed by atoms with Crippen LogP contribution in [0.5, 0.6) is 0 Å². The van der Waals surface area contributed by atoms with Crippen LogP contribution in [0.2, 0.25) is 0 Å². The minimum absolute atomic E-state index is 0.185. The molecule has 2 atom stereocenters. The summed E-state index contributed by atoms with van der Waals surface area (Å²) in [6, 6.07) is 12.6. The SMILES string of the molecule is Cc1ccccc1-c1noc(C2CC2)c1COC1CC2CCC(C1)N2c1nc2c(C)cc(C(=O)O)cc2s1. The number of piperidine rings is 1. The van der Waals surface area contributed by atoms with Crippen molar-refractivity contribution in [3.8, 4) is 11.3 Å². The zero-order valence-corrected chi connectivity index (χ0v) is 22.5. The minimum Gasteiger partial charge on any atom is -0.478 e. The number of anilines is 1. The lowest BCUT2D eigenvalue weighted by Crippen LogP contribution is -2.45. The van der Waals surface area contributed by atoms with E-state index >= 15 is 0 Å². The van der Waals surface area contributed by atoms with Crippen LogP contribution in [-0.2, 0) is 11.3 Å². The molecule has 1 N–H and O–H groups in total. The standard InChI is InChI=1S/C30H31N3O4S/c1-16-5-3-4-6-23(16)27-24(28(37-32-27)18-7-8-18)15-36-22-13-20-9-10-21(14-22)33(20)30-31-26-17(2)11-19(29(34)35)12-25(26)38-30/h3-6,11-12,18,20-22H,7-10,13-15H2,1-2H3,(H,34,35). The van der Waals surface area contributed by atoms with Gasteiger partial charge in [0.25, 0.3) is 0 Å². The van der Waals surface area contributed by atoms with Gasteiger partial charge >= 0.3 is 5.97 Å². The van der Waals surface area contributed by atoms with E-state index in [0.717, 1.165) is 82.0 Å². The summed E-state index contributed by atoms with van der Waals surface area (Å²) in [5, 5.41) is 15.0. The van der Waals surface area contributed by atoms with Gasteiger partial charge < -0.3 is 19.3 Å². The molecule has 3 aliphatic rings. The number of aromatic carboxylic acids is 1. The fourth-order valence-electron chi connectivity index (χ4n) is 6.37. The Kier molecular flexibility index (Phi) is 5.78. The van der Waals surface area contributed by atoms with Crippen molar-refractivity contribution >= 4 is 32.7 Å². The third kappa shape index (κ3) is 4.10. The van der Waals surface area contributed by atoms with Gasteiger partial charge in [-0.05, 0) is 75.6 Å². The Morgan fingerprint density at radius 1 is 1.11 bits per heavy atom. The second kappa shape index (κ2) is 9.20. The summed E-state index contributed by atoms with van der Waals surface area (Å²) < 4.78 is 13.4. The molecule has 1 aliphatic carbocycles. The van der Waals surface area contributed by atoms with E-state index < -0.39 is 5.97 Å². The van der Waals surface area contributed by atoms with Crippen molar-refractivity contribution in [1.29, 1.82) is 0 Å². The molecule has 0 spiro atoms. The maximum atomic E-state index is 11.5. The van der Waals surface area contributed by atoms with Gasteiger partial charge in [-0.15, -0.1) is 0 Å².